The van der Waals surface area contributed by atoms with E-state index in [9.17, 15) is 14.8 Å². The average molecular weight is 431 g/mol. The Balaban J connectivity index is 1.57. The highest BCUT2D eigenvalue weighted by Crippen LogP contribution is 2.25. The van der Waals surface area contributed by atoms with Crippen LogP contribution < -0.4 is 20.3 Å². The Morgan fingerprint density at radius 1 is 0.677 bits per heavy atom. The summed E-state index contributed by atoms with van der Waals surface area (Å²) in [5, 5.41) is 18.7. The van der Waals surface area contributed by atoms with Crippen molar-refractivity contribution in [2.24, 2.45) is 0 Å². The highest BCUT2D eigenvalue weighted by atomic mass is 16.5. The number of carbonyl (C=O) groups excluding carboxylic acids is 2. The summed E-state index contributed by atoms with van der Waals surface area (Å²) in [6.07, 6.45) is 9.57. The maximum absolute atomic E-state index is 13.1. The summed E-state index contributed by atoms with van der Waals surface area (Å²) in [7, 11) is 0. The number of hydrogen-bond acceptors (Lipinski definition) is 4. The third-order valence-corrected chi connectivity index (χ3v) is 6.48. The van der Waals surface area contributed by atoms with Gasteiger partial charge in [-0.05, 0) is 57.8 Å². The lowest BCUT2D eigenvalue weighted by atomic mass is 10.1. The molecule has 0 saturated carbocycles. The molecule has 4 heterocycles. The third kappa shape index (κ3) is 5.32. The van der Waals surface area contributed by atoms with Crippen LogP contribution in [0.25, 0.3) is 0 Å². The van der Waals surface area contributed by atoms with Crippen molar-refractivity contribution in [3.8, 4) is 0 Å². The van der Waals surface area contributed by atoms with Gasteiger partial charge in [-0.15, -0.1) is 0 Å². The molecule has 1 aromatic rings. The fraction of sp³-hybridized carbons (Fsp3) is 0.682. The first kappa shape index (κ1) is 21.5. The second-order valence-electron chi connectivity index (χ2n) is 8.78. The number of hydrogen-bond donors (Lipinski definition) is 2. The van der Waals surface area contributed by atoms with Crippen molar-refractivity contribution in [3.05, 3.63) is 17.3 Å². The molecule has 0 aromatic carbocycles. The van der Waals surface area contributed by atoms with Crippen molar-refractivity contribution in [3.63, 3.8) is 0 Å². The molecule has 31 heavy (non-hydrogen) atoms. The van der Waals surface area contributed by atoms with Crippen molar-refractivity contribution >= 4 is 29.4 Å². The van der Waals surface area contributed by atoms with Gasteiger partial charge in [0.1, 0.15) is 0 Å². The predicted octanol–water partition coefficient (Wildman–Crippen LogP) is 3.35. The van der Waals surface area contributed by atoms with Crippen molar-refractivity contribution in [2.75, 3.05) is 54.8 Å². The number of anilines is 3. The van der Waals surface area contributed by atoms with Crippen molar-refractivity contribution in [1.29, 1.82) is 0 Å². The zero-order valence-corrected chi connectivity index (χ0v) is 18.3. The summed E-state index contributed by atoms with van der Waals surface area (Å²) in [4.78, 5) is 31.2. The van der Waals surface area contributed by atoms with Crippen molar-refractivity contribution in [1.82, 2.24) is 9.80 Å². The van der Waals surface area contributed by atoms with Gasteiger partial charge in [-0.25, -0.2) is 25.0 Å². The number of amides is 4. The second kappa shape index (κ2) is 10.1. The first-order valence-corrected chi connectivity index (χ1v) is 11.8. The normalized spacial score (nSPS) is 19.8. The highest BCUT2D eigenvalue weighted by Gasteiger charge is 2.25. The Labute approximate surface area is 183 Å². The van der Waals surface area contributed by atoms with E-state index in [1.165, 1.54) is 6.42 Å². The van der Waals surface area contributed by atoms with Gasteiger partial charge in [0.05, 0.1) is 0 Å². The molecule has 0 spiro atoms. The van der Waals surface area contributed by atoms with Crippen LogP contribution >= 0.6 is 0 Å². The molecular formula is C22H34N6O3. The van der Waals surface area contributed by atoms with Crippen LogP contribution in [0.5, 0.6) is 0 Å². The van der Waals surface area contributed by atoms with Crippen molar-refractivity contribution in [2.45, 2.75) is 57.8 Å². The van der Waals surface area contributed by atoms with Crippen molar-refractivity contribution < 1.29 is 14.3 Å². The molecule has 3 aliphatic heterocycles. The summed E-state index contributed by atoms with van der Waals surface area (Å²) < 4.78 is 0.636. The molecule has 9 nitrogen and oxygen atoms in total. The molecule has 2 N–H and O–H groups in total. The summed E-state index contributed by atoms with van der Waals surface area (Å²) in [6.45, 7) is 4.62. The van der Waals surface area contributed by atoms with Gasteiger partial charge < -0.3 is 19.9 Å². The van der Waals surface area contributed by atoms with Crippen LogP contribution in [0.4, 0.5) is 26.9 Å². The van der Waals surface area contributed by atoms with Crippen LogP contribution in [0.15, 0.2) is 12.1 Å². The molecule has 4 amide bonds. The van der Waals surface area contributed by atoms with Gasteiger partial charge >= 0.3 is 12.1 Å². The number of nitrogens with one attached hydrogen (secondary N) is 2. The first-order valence-electron chi connectivity index (χ1n) is 11.8. The van der Waals surface area contributed by atoms with E-state index in [-0.39, 0.29) is 23.7 Å². The Kier molecular flexibility index (Phi) is 6.99. The molecule has 4 rings (SSSR count). The maximum atomic E-state index is 13.1. The number of aromatic nitrogens is 1. The van der Waals surface area contributed by atoms with E-state index in [1.54, 1.807) is 21.9 Å². The molecule has 3 saturated heterocycles. The van der Waals surface area contributed by atoms with Crippen LogP contribution in [0.2, 0.25) is 0 Å². The molecule has 0 radical (unpaired) electrons. The molecular weight excluding hydrogens is 396 g/mol. The molecule has 0 aliphatic carbocycles. The largest absolute Gasteiger partial charge is 0.740 e. The number of nitrogens with zero attached hydrogens (tertiary/aromatic N) is 4. The summed E-state index contributed by atoms with van der Waals surface area (Å²) >= 11 is 0. The van der Waals surface area contributed by atoms with E-state index in [0.29, 0.717) is 30.9 Å². The predicted molar refractivity (Wildman–Crippen MR) is 120 cm³/mol. The standard InChI is InChI=1S/C22H34N6O3/c29-21(26-12-6-2-7-13-26)23-19-16-18(25-10-4-1-5-11-25)17-20(28(19)31)24-22(30)27-14-8-3-9-15-27/h16-17H,1-15H2,(H,23,29)(H,24,30). The van der Waals surface area contributed by atoms with Crippen LogP contribution in [0.1, 0.15) is 57.8 Å². The van der Waals surface area contributed by atoms with Crippen LogP contribution in [0, 0.1) is 5.21 Å². The smallest absolute Gasteiger partial charge is 0.379 e. The monoisotopic (exact) mass is 430 g/mol. The van der Waals surface area contributed by atoms with E-state index in [0.717, 1.165) is 70.1 Å². The number of pyridine rings is 1. The van der Waals surface area contributed by atoms with Gasteiger partial charge in [-0.3, -0.25) is 0 Å². The topological polar surface area (TPSA) is 94.9 Å². The van der Waals surface area contributed by atoms with E-state index < -0.39 is 0 Å². The summed E-state index contributed by atoms with van der Waals surface area (Å²) in [5.74, 6) is 0.320. The highest BCUT2D eigenvalue weighted by molar-refractivity contribution is 5.90. The lowest BCUT2D eigenvalue weighted by Gasteiger charge is -2.31. The molecule has 3 aliphatic rings. The quantitative estimate of drug-likeness (QED) is 0.568. The van der Waals surface area contributed by atoms with Crippen LogP contribution in [-0.2, 0) is 0 Å². The van der Waals surface area contributed by atoms with Crippen LogP contribution in [-0.4, -0.2) is 61.1 Å². The average Bonchev–Trinajstić information content (AvgIpc) is 2.83. The zero-order chi connectivity index (χ0) is 21.6. The molecule has 170 valence electrons. The first-order chi connectivity index (χ1) is 15.1. The number of carbonyl (C=O) groups is 2. The molecule has 3 fully saturated rings. The lowest BCUT2D eigenvalue weighted by Crippen LogP contribution is -2.45. The molecule has 9 heteroatoms. The number of likely N-dealkylation sites (tertiary alicyclic amines) is 2. The van der Waals surface area contributed by atoms with Gasteiger partial charge in [0.15, 0.2) is 0 Å². The minimum absolute atomic E-state index is 0.160. The van der Waals surface area contributed by atoms with E-state index in [1.807, 2.05) is 0 Å². The van der Waals surface area contributed by atoms with Gasteiger partial charge in [0.25, 0.3) is 0 Å². The molecule has 0 unspecified atom stereocenters. The SMILES string of the molecule is O=C(Nc1cc(N2CCCCC2)cc(NC(=O)N2CCCCC2)[n+]1[O-])N1CCCCC1. The fourth-order valence-electron chi connectivity index (χ4n) is 4.65. The van der Waals surface area contributed by atoms with Gasteiger partial charge in [-0.2, -0.15) is 0 Å². The number of piperidine rings is 3. The Hall–Kier alpha value is -2.71. The Morgan fingerprint density at radius 3 is 1.48 bits per heavy atom. The maximum Gasteiger partial charge on any atom is 0.379 e. The van der Waals surface area contributed by atoms with E-state index >= 15 is 0 Å². The summed E-state index contributed by atoms with van der Waals surface area (Å²) in [5.41, 5.74) is 0.856. The van der Waals surface area contributed by atoms with E-state index in [4.69, 9.17) is 0 Å². The fourth-order valence-corrected chi connectivity index (χ4v) is 4.65. The second-order valence-corrected chi connectivity index (χ2v) is 8.78. The third-order valence-electron chi connectivity index (χ3n) is 6.48. The minimum atomic E-state index is -0.256. The molecule has 0 bridgehead atoms. The number of urea groups is 2. The Morgan fingerprint density at radius 2 is 1.06 bits per heavy atom. The molecule has 0 atom stereocenters. The van der Waals surface area contributed by atoms with Gasteiger partial charge in [0.2, 0.25) is 11.6 Å². The summed E-state index contributed by atoms with van der Waals surface area (Å²) in [6, 6.07) is 2.95. The number of rotatable bonds is 3. The van der Waals surface area contributed by atoms with Gasteiger partial charge in [0, 0.05) is 57.1 Å². The zero-order valence-electron chi connectivity index (χ0n) is 18.3. The minimum Gasteiger partial charge on any atom is -0.740 e. The lowest BCUT2D eigenvalue weighted by molar-refractivity contribution is -0.574. The van der Waals surface area contributed by atoms with Gasteiger partial charge in [-0.1, -0.05) is 0 Å². The van der Waals surface area contributed by atoms with E-state index in [2.05, 4.69) is 15.5 Å². The molecule has 1 aromatic heterocycles. The van der Waals surface area contributed by atoms with Crippen LogP contribution in [0.3, 0.4) is 0 Å². The Bertz CT molecular complexity index is 730.